The smallest absolute Gasteiger partial charge is 0.191 e. The number of rotatable bonds is 9. The SMILES string of the molecule is COc1ccc(-c2nnc(SCCOc3ccc(F)cc3)n2CC2CCCO2)cc1. The molecule has 2 heterocycles. The molecule has 0 radical (unpaired) electrons. The molecule has 0 spiro atoms. The molecule has 30 heavy (non-hydrogen) atoms. The van der Waals surface area contributed by atoms with E-state index in [4.69, 9.17) is 14.2 Å². The first-order valence-electron chi connectivity index (χ1n) is 9.93. The Morgan fingerprint density at radius 1 is 1.10 bits per heavy atom. The lowest BCUT2D eigenvalue weighted by molar-refractivity contribution is 0.0953. The van der Waals surface area contributed by atoms with Crippen LogP contribution in [0.15, 0.2) is 53.7 Å². The van der Waals surface area contributed by atoms with Crippen molar-refractivity contribution in [3.63, 3.8) is 0 Å². The van der Waals surface area contributed by atoms with Gasteiger partial charge in [0.1, 0.15) is 17.3 Å². The topological polar surface area (TPSA) is 58.4 Å². The monoisotopic (exact) mass is 429 g/mol. The zero-order chi connectivity index (χ0) is 20.8. The fourth-order valence-electron chi connectivity index (χ4n) is 3.33. The Labute approximate surface area is 179 Å². The average Bonchev–Trinajstić information content (AvgIpc) is 3.43. The minimum atomic E-state index is -0.273. The Morgan fingerprint density at radius 2 is 1.87 bits per heavy atom. The number of hydrogen-bond donors (Lipinski definition) is 0. The Balaban J connectivity index is 1.45. The van der Waals surface area contributed by atoms with Crippen LogP contribution in [-0.2, 0) is 11.3 Å². The molecule has 1 aliphatic rings. The maximum Gasteiger partial charge on any atom is 0.191 e. The molecule has 1 fully saturated rings. The number of halogens is 1. The third-order valence-corrected chi connectivity index (χ3v) is 5.80. The van der Waals surface area contributed by atoms with E-state index in [0.717, 1.165) is 48.3 Å². The number of ether oxygens (including phenoxy) is 3. The lowest BCUT2D eigenvalue weighted by atomic mass is 10.2. The minimum absolute atomic E-state index is 0.174. The van der Waals surface area contributed by atoms with Crippen LogP contribution in [0.3, 0.4) is 0 Å². The summed E-state index contributed by atoms with van der Waals surface area (Å²) >= 11 is 1.59. The summed E-state index contributed by atoms with van der Waals surface area (Å²) in [5, 5.41) is 9.69. The van der Waals surface area contributed by atoms with E-state index in [0.29, 0.717) is 18.1 Å². The maximum atomic E-state index is 13.0. The normalized spacial score (nSPS) is 16.0. The number of benzene rings is 2. The van der Waals surface area contributed by atoms with Gasteiger partial charge >= 0.3 is 0 Å². The summed E-state index contributed by atoms with van der Waals surface area (Å²) in [6, 6.07) is 13.8. The zero-order valence-electron chi connectivity index (χ0n) is 16.8. The summed E-state index contributed by atoms with van der Waals surface area (Å²) in [4.78, 5) is 0. The maximum absolute atomic E-state index is 13.0. The summed E-state index contributed by atoms with van der Waals surface area (Å²) in [5.74, 6) is 2.69. The van der Waals surface area contributed by atoms with E-state index >= 15 is 0 Å². The Morgan fingerprint density at radius 3 is 2.57 bits per heavy atom. The van der Waals surface area contributed by atoms with Crippen LogP contribution in [0.5, 0.6) is 11.5 Å². The van der Waals surface area contributed by atoms with Gasteiger partial charge in [0.25, 0.3) is 0 Å². The Bertz CT molecular complexity index is 941. The molecule has 1 saturated heterocycles. The molecule has 0 bridgehead atoms. The number of methoxy groups -OCH3 is 1. The highest BCUT2D eigenvalue weighted by Crippen LogP contribution is 2.27. The third kappa shape index (κ3) is 5.12. The van der Waals surface area contributed by atoms with Gasteiger partial charge in [-0.05, 0) is 61.4 Å². The fraction of sp³-hybridized carbons (Fsp3) is 0.364. The molecule has 1 aliphatic heterocycles. The second kappa shape index (κ2) is 9.95. The fourth-order valence-corrected chi connectivity index (χ4v) is 4.09. The third-order valence-electron chi connectivity index (χ3n) is 4.87. The standard InChI is InChI=1S/C22H24FN3O3S/c1-27-18-8-4-16(5-9-18)21-24-25-22(26(21)15-20-3-2-12-28-20)30-14-13-29-19-10-6-17(23)7-11-19/h4-11,20H,2-3,12-15H2,1H3. The predicted molar refractivity (Wildman–Crippen MR) is 114 cm³/mol. The van der Waals surface area contributed by atoms with E-state index in [1.165, 1.54) is 12.1 Å². The van der Waals surface area contributed by atoms with Gasteiger partial charge in [0.05, 0.1) is 26.4 Å². The molecule has 0 saturated carbocycles. The summed E-state index contributed by atoms with van der Waals surface area (Å²) < 4.78 is 31.9. The predicted octanol–water partition coefficient (Wildman–Crippen LogP) is 4.44. The largest absolute Gasteiger partial charge is 0.497 e. The van der Waals surface area contributed by atoms with Gasteiger partial charge in [0, 0.05) is 17.9 Å². The van der Waals surface area contributed by atoms with Crippen molar-refractivity contribution in [2.75, 3.05) is 26.1 Å². The first-order valence-corrected chi connectivity index (χ1v) is 10.9. The Kier molecular flexibility index (Phi) is 6.86. The van der Waals surface area contributed by atoms with Gasteiger partial charge in [0.15, 0.2) is 11.0 Å². The lowest BCUT2D eigenvalue weighted by Crippen LogP contribution is -2.17. The first-order chi connectivity index (χ1) is 14.7. The van der Waals surface area contributed by atoms with Gasteiger partial charge in [-0.15, -0.1) is 10.2 Å². The van der Waals surface area contributed by atoms with Crippen molar-refractivity contribution in [2.45, 2.75) is 30.6 Å². The molecule has 1 unspecified atom stereocenters. The van der Waals surface area contributed by atoms with Crippen LogP contribution >= 0.6 is 11.8 Å². The van der Waals surface area contributed by atoms with Gasteiger partial charge in [-0.2, -0.15) is 0 Å². The second-order valence-corrected chi connectivity index (χ2v) is 7.99. The van der Waals surface area contributed by atoms with Gasteiger partial charge in [-0.3, -0.25) is 4.57 Å². The molecule has 4 rings (SSSR count). The van der Waals surface area contributed by atoms with E-state index in [1.54, 1.807) is 31.0 Å². The molecule has 1 atom stereocenters. The van der Waals surface area contributed by atoms with Crippen molar-refractivity contribution in [1.82, 2.24) is 14.8 Å². The number of hydrogen-bond acceptors (Lipinski definition) is 6. The van der Waals surface area contributed by atoms with Gasteiger partial charge in [0.2, 0.25) is 0 Å². The summed E-state index contributed by atoms with van der Waals surface area (Å²) in [7, 11) is 1.65. The number of nitrogens with zero attached hydrogens (tertiary/aromatic N) is 3. The van der Waals surface area contributed by atoms with Gasteiger partial charge in [-0.1, -0.05) is 11.8 Å². The number of thioether (sulfide) groups is 1. The van der Waals surface area contributed by atoms with Crippen molar-refractivity contribution in [3.8, 4) is 22.9 Å². The molecule has 2 aromatic carbocycles. The van der Waals surface area contributed by atoms with E-state index in [2.05, 4.69) is 14.8 Å². The Hall–Kier alpha value is -2.58. The second-order valence-electron chi connectivity index (χ2n) is 6.93. The molecular weight excluding hydrogens is 405 g/mol. The molecule has 0 N–H and O–H groups in total. The van der Waals surface area contributed by atoms with Crippen LogP contribution in [0, 0.1) is 5.82 Å². The van der Waals surface area contributed by atoms with Crippen molar-refractivity contribution in [2.24, 2.45) is 0 Å². The quantitative estimate of drug-likeness (QED) is 0.370. The highest BCUT2D eigenvalue weighted by molar-refractivity contribution is 7.99. The molecule has 3 aromatic rings. The van der Waals surface area contributed by atoms with E-state index in [-0.39, 0.29) is 11.9 Å². The van der Waals surface area contributed by atoms with Crippen LogP contribution in [0.25, 0.3) is 11.4 Å². The molecular formula is C22H24FN3O3S. The van der Waals surface area contributed by atoms with Crippen LogP contribution in [-0.4, -0.2) is 46.9 Å². The van der Waals surface area contributed by atoms with Crippen LogP contribution < -0.4 is 9.47 Å². The van der Waals surface area contributed by atoms with E-state index in [1.807, 2.05) is 24.3 Å². The van der Waals surface area contributed by atoms with Crippen molar-refractivity contribution < 1.29 is 18.6 Å². The average molecular weight is 430 g/mol. The highest BCUT2D eigenvalue weighted by atomic mass is 32.2. The molecule has 158 valence electrons. The zero-order valence-corrected chi connectivity index (χ0v) is 17.6. The number of aromatic nitrogens is 3. The van der Waals surface area contributed by atoms with Crippen molar-refractivity contribution in [1.29, 1.82) is 0 Å². The van der Waals surface area contributed by atoms with Gasteiger partial charge in [-0.25, -0.2) is 4.39 Å². The summed E-state index contributed by atoms with van der Waals surface area (Å²) in [6.07, 6.45) is 2.30. The first kappa shape index (κ1) is 20.7. The molecule has 8 heteroatoms. The molecule has 0 aliphatic carbocycles. The van der Waals surface area contributed by atoms with Crippen molar-refractivity contribution >= 4 is 11.8 Å². The van der Waals surface area contributed by atoms with E-state index in [9.17, 15) is 4.39 Å². The van der Waals surface area contributed by atoms with Gasteiger partial charge < -0.3 is 14.2 Å². The minimum Gasteiger partial charge on any atom is -0.497 e. The molecule has 0 amide bonds. The lowest BCUT2D eigenvalue weighted by Gasteiger charge is -2.15. The van der Waals surface area contributed by atoms with Crippen LogP contribution in [0.1, 0.15) is 12.8 Å². The van der Waals surface area contributed by atoms with Crippen LogP contribution in [0.4, 0.5) is 4.39 Å². The molecule has 6 nitrogen and oxygen atoms in total. The van der Waals surface area contributed by atoms with Crippen LogP contribution in [0.2, 0.25) is 0 Å². The summed E-state index contributed by atoms with van der Waals surface area (Å²) in [5.41, 5.74) is 0.982. The van der Waals surface area contributed by atoms with Crippen molar-refractivity contribution in [3.05, 3.63) is 54.3 Å². The molecule has 1 aromatic heterocycles. The summed E-state index contributed by atoms with van der Waals surface area (Å²) in [6.45, 7) is 2.01. The van der Waals surface area contributed by atoms with E-state index < -0.39 is 0 Å². The highest BCUT2D eigenvalue weighted by Gasteiger charge is 2.21.